The molecule has 1 fully saturated rings. The van der Waals surface area contributed by atoms with Gasteiger partial charge in [0.25, 0.3) is 0 Å². The highest BCUT2D eigenvalue weighted by atomic mass is 16.5. The van der Waals surface area contributed by atoms with Gasteiger partial charge in [0.05, 0.1) is 5.69 Å². The molecule has 0 aliphatic carbocycles. The van der Waals surface area contributed by atoms with E-state index < -0.39 is 5.97 Å². The summed E-state index contributed by atoms with van der Waals surface area (Å²) in [5.41, 5.74) is 3.32. The lowest BCUT2D eigenvalue weighted by Crippen LogP contribution is -2.34. The molecule has 0 bridgehead atoms. The smallest absolute Gasteiger partial charge is 0.354 e. The number of carboxylic acid groups (broad SMARTS) is 1. The number of aromatic carboxylic acids is 1. The number of carboxylic acids is 1. The Kier molecular flexibility index (Phi) is 8.02. The summed E-state index contributed by atoms with van der Waals surface area (Å²) in [7, 11) is 0. The number of piperidine rings is 1. The lowest BCUT2D eigenvalue weighted by molar-refractivity contribution is 0.0690. The maximum Gasteiger partial charge on any atom is 0.354 e. The van der Waals surface area contributed by atoms with Gasteiger partial charge in [0, 0.05) is 18.8 Å². The van der Waals surface area contributed by atoms with Gasteiger partial charge in [-0.2, -0.15) is 0 Å². The molecular weight excluding hydrogens is 460 g/mol. The van der Waals surface area contributed by atoms with Crippen LogP contribution >= 0.6 is 0 Å². The van der Waals surface area contributed by atoms with Crippen molar-refractivity contribution in [2.45, 2.75) is 39.3 Å². The van der Waals surface area contributed by atoms with Crippen molar-refractivity contribution in [3.63, 3.8) is 0 Å². The monoisotopic (exact) mass is 490 g/mol. The molecule has 1 aromatic heterocycles. The highest BCUT2D eigenvalue weighted by Crippen LogP contribution is 2.29. The molecule has 2 heterocycles. The number of hydrogen-bond donors (Lipinski definition) is 4. The molecule has 4 N–H and O–H groups in total. The van der Waals surface area contributed by atoms with E-state index in [4.69, 9.17) is 14.6 Å². The van der Waals surface area contributed by atoms with Crippen LogP contribution in [0.3, 0.4) is 0 Å². The van der Waals surface area contributed by atoms with Crippen LogP contribution in [0, 0.1) is 13.8 Å². The molecule has 0 unspecified atom stereocenters. The van der Waals surface area contributed by atoms with Crippen LogP contribution in [0.1, 0.15) is 40.0 Å². The Morgan fingerprint density at radius 1 is 1.06 bits per heavy atom. The maximum atomic E-state index is 12.7. The van der Waals surface area contributed by atoms with Gasteiger partial charge in [0.1, 0.15) is 23.4 Å². The number of nitrogens with one attached hydrogen (secondary N) is 3. The number of carbonyl (C=O) groups is 2. The van der Waals surface area contributed by atoms with Crippen LogP contribution in [0.25, 0.3) is 0 Å². The molecule has 0 atom stereocenters. The van der Waals surface area contributed by atoms with Crippen LogP contribution in [-0.4, -0.2) is 41.3 Å². The normalized spacial score (nSPS) is 13.6. The SMILES string of the molecule is Cc1ccc(OC2CCNCC2)c(NC(=O)NCc2ccc(Oc3ccnc(C(=O)O)c3)c(C)c2)c1. The minimum atomic E-state index is -1.12. The van der Waals surface area contributed by atoms with Gasteiger partial charge in [0.15, 0.2) is 5.69 Å². The Balaban J connectivity index is 1.35. The Labute approximate surface area is 209 Å². The van der Waals surface area contributed by atoms with E-state index in [1.165, 1.54) is 12.3 Å². The lowest BCUT2D eigenvalue weighted by Gasteiger charge is -2.25. The van der Waals surface area contributed by atoms with Crippen LogP contribution < -0.4 is 25.4 Å². The van der Waals surface area contributed by atoms with E-state index in [1.807, 2.05) is 44.2 Å². The third kappa shape index (κ3) is 6.73. The second kappa shape index (κ2) is 11.5. The number of nitrogens with zero attached hydrogens (tertiary/aromatic N) is 1. The van der Waals surface area contributed by atoms with Gasteiger partial charge in [-0.05, 0) is 80.7 Å². The molecule has 2 aromatic carbocycles. The fourth-order valence-corrected chi connectivity index (χ4v) is 3.94. The van der Waals surface area contributed by atoms with Gasteiger partial charge in [0.2, 0.25) is 0 Å². The third-order valence-electron chi connectivity index (χ3n) is 5.83. The highest BCUT2D eigenvalue weighted by Gasteiger charge is 2.17. The number of carbonyl (C=O) groups excluding carboxylic acids is 1. The summed E-state index contributed by atoms with van der Waals surface area (Å²) in [6, 6.07) is 14.0. The first kappa shape index (κ1) is 25.0. The number of pyridine rings is 1. The topological polar surface area (TPSA) is 122 Å². The average molecular weight is 491 g/mol. The molecule has 0 saturated carbocycles. The highest BCUT2D eigenvalue weighted by molar-refractivity contribution is 5.91. The van der Waals surface area contributed by atoms with E-state index in [9.17, 15) is 9.59 Å². The molecule has 188 valence electrons. The second-order valence-electron chi connectivity index (χ2n) is 8.76. The summed E-state index contributed by atoms with van der Waals surface area (Å²) in [5, 5.41) is 18.2. The minimum Gasteiger partial charge on any atom is -0.488 e. The van der Waals surface area contributed by atoms with E-state index >= 15 is 0 Å². The van der Waals surface area contributed by atoms with Crippen LogP contribution in [0.2, 0.25) is 0 Å². The Morgan fingerprint density at radius 2 is 1.83 bits per heavy atom. The molecule has 9 nitrogen and oxygen atoms in total. The van der Waals surface area contributed by atoms with Crippen molar-refractivity contribution in [3.05, 3.63) is 77.1 Å². The van der Waals surface area contributed by atoms with Gasteiger partial charge in [-0.1, -0.05) is 18.2 Å². The zero-order chi connectivity index (χ0) is 25.5. The molecule has 1 aliphatic heterocycles. The van der Waals surface area contributed by atoms with E-state index in [-0.39, 0.29) is 17.8 Å². The molecule has 1 saturated heterocycles. The standard InChI is InChI=1S/C27H30N4O5/c1-17-3-5-25(35-20-7-10-28-11-8-20)22(13-17)31-27(34)30-16-19-4-6-24(18(2)14-19)36-21-9-12-29-23(15-21)26(32)33/h3-6,9,12-15,20,28H,7-8,10-11,16H2,1-2H3,(H,32,33)(H2,30,31,34). The molecule has 36 heavy (non-hydrogen) atoms. The van der Waals surface area contributed by atoms with Crippen LogP contribution in [-0.2, 0) is 6.54 Å². The zero-order valence-corrected chi connectivity index (χ0v) is 20.3. The third-order valence-corrected chi connectivity index (χ3v) is 5.83. The van der Waals surface area contributed by atoms with E-state index in [0.29, 0.717) is 29.5 Å². The average Bonchev–Trinajstić information content (AvgIpc) is 2.87. The summed E-state index contributed by atoms with van der Waals surface area (Å²) in [5.74, 6) is 0.524. The number of amides is 2. The first-order valence-electron chi connectivity index (χ1n) is 11.9. The number of aryl methyl sites for hydroxylation is 2. The van der Waals surface area contributed by atoms with Gasteiger partial charge in [-0.15, -0.1) is 0 Å². The summed E-state index contributed by atoms with van der Waals surface area (Å²) in [4.78, 5) is 27.6. The number of aromatic nitrogens is 1. The fraction of sp³-hybridized carbons (Fsp3) is 0.296. The zero-order valence-electron chi connectivity index (χ0n) is 20.3. The first-order chi connectivity index (χ1) is 17.4. The largest absolute Gasteiger partial charge is 0.488 e. The number of benzene rings is 2. The predicted molar refractivity (Wildman–Crippen MR) is 136 cm³/mol. The van der Waals surface area contributed by atoms with Crippen molar-refractivity contribution in [2.24, 2.45) is 0 Å². The van der Waals surface area contributed by atoms with E-state index in [1.54, 1.807) is 12.1 Å². The van der Waals surface area contributed by atoms with Crippen molar-refractivity contribution in [2.75, 3.05) is 18.4 Å². The van der Waals surface area contributed by atoms with E-state index in [2.05, 4.69) is 20.9 Å². The second-order valence-corrected chi connectivity index (χ2v) is 8.76. The Bertz CT molecular complexity index is 1240. The molecule has 2 amide bonds. The number of anilines is 1. The number of hydrogen-bond acceptors (Lipinski definition) is 6. The predicted octanol–water partition coefficient (Wildman–Crippen LogP) is 4.64. The molecule has 0 radical (unpaired) electrons. The van der Waals surface area contributed by atoms with Crippen molar-refractivity contribution >= 4 is 17.7 Å². The summed E-state index contributed by atoms with van der Waals surface area (Å²) < 4.78 is 12.0. The Morgan fingerprint density at radius 3 is 2.58 bits per heavy atom. The van der Waals surface area contributed by atoms with Gasteiger partial charge in [-0.3, -0.25) is 0 Å². The molecular formula is C27H30N4O5. The number of urea groups is 1. The van der Waals surface area contributed by atoms with Crippen molar-refractivity contribution < 1.29 is 24.2 Å². The van der Waals surface area contributed by atoms with E-state index in [0.717, 1.165) is 42.6 Å². The van der Waals surface area contributed by atoms with Crippen molar-refractivity contribution in [1.82, 2.24) is 15.6 Å². The molecule has 4 rings (SSSR count). The van der Waals surface area contributed by atoms with Crippen LogP contribution in [0.15, 0.2) is 54.7 Å². The molecule has 0 spiro atoms. The van der Waals surface area contributed by atoms with Gasteiger partial charge >= 0.3 is 12.0 Å². The summed E-state index contributed by atoms with van der Waals surface area (Å²) in [6.07, 6.45) is 3.38. The van der Waals surface area contributed by atoms with Crippen LogP contribution in [0.4, 0.5) is 10.5 Å². The quantitative estimate of drug-likeness (QED) is 0.363. The van der Waals surface area contributed by atoms with Crippen molar-refractivity contribution in [1.29, 1.82) is 0 Å². The van der Waals surface area contributed by atoms with Gasteiger partial charge < -0.3 is 30.5 Å². The minimum absolute atomic E-state index is 0.0881. The Hall–Kier alpha value is -4.11. The number of rotatable bonds is 8. The summed E-state index contributed by atoms with van der Waals surface area (Å²) >= 11 is 0. The van der Waals surface area contributed by atoms with Gasteiger partial charge in [-0.25, -0.2) is 14.6 Å². The molecule has 1 aliphatic rings. The lowest BCUT2D eigenvalue weighted by atomic mass is 10.1. The van der Waals surface area contributed by atoms with Crippen LogP contribution in [0.5, 0.6) is 17.2 Å². The maximum absolute atomic E-state index is 12.7. The molecule has 3 aromatic rings. The molecule has 9 heteroatoms. The fourth-order valence-electron chi connectivity index (χ4n) is 3.94. The van der Waals surface area contributed by atoms with Crippen molar-refractivity contribution in [3.8, 4) is 17.2 Å². The summed E-state index contributed by atoms with van der Waals surface area (Å²) in [6.45, 7) is 6.03. The number of ether oxygens (including phenoxy) is 2. The first-order valence-corrected chi connectivity index (χ1v) is 11.9.